The van der Waals surface area contributed by atoms with Crippen molar-refractivity contribution in [3.8, 4) is 5.69 Å². The third kappa shape index (κ3) is 3.67. The first kappa shape index (κ1) is 16.7. The standard InChI is InChI=1S/C19H26N4O/c1-15-18(13-20-14-19(24)22-11-7-4-8-12-22)16(2)23(21-15)17-9-5-3-6-10-17/h3,5-6,9-10,20H,4,7-8,11-14H2,1-2H3. The second-order valence-corrected chi connectivity index (χ2v) is 6.44. The summed E-state index contributed by atoms with van der Waals surface area (Å²) < 4.78 is 1.97. The maximum Gasteiger partial charge on any atom is 0.236 e. The highest BCUT2D eigenvalue weighted by Gasteiger charge is 2.17. The number of hydrogen-bond donors (Lipinski definition) is 1. The summed E-state index contributed by atoms with van der Waals surface area (Å²) in [6, 6.07) is 10.1. The van der Waals surface area contributed by atoms with Crippen molar-refractivity contribution in [1.29, 1.82) is 0 Å². The minimum atomic E-state index is 0.209. The van der Waals surface area contributed by atoms with E-state index in [9.17, 15) is 4.79 Å². The van der Waals surface area contributed by atoms with Crippen LogP contribution in [0.1, 0.15) is 36.2 Å². The van der Waals surface area contributed by atoms with Crippen LogP contribution in [0.15, 0.2) is 30.3 Å². The Balaban J connectivity index is 1.61. The normalized spacial score (nSPS) is 14.8. The minimum absolute atomic E-state index is 0.209. The SMILES string of the molecule is Cc1nn(-c2ccccc2)c(C)c1CNCC(=O)N1CCCCC1. The van der Waals surface area contributed by atoms with Crippen LogP contribution in [-0.2, 0) is 11.3 Å². The van der Waals surface area contributed by atoms with Crippen LogP contribution < -0.4 is 5.32 Å². The zero-order valence-corrected chi connectivity index (χ0v) is 14.6. The van der Waals surface area contributed by atoms with Crippen molar-refractivity contribution < 1.29 is 4.79 Å². The van der Waals surface area contributed by atoms with Crippen molar-refractivity contribution >= 4 is 5.91 Å². The molecule has 0 bridgehead atoms. The van der Waals surface area contributed by atoms with Crippen LogP contribution in [0.5, 0.6) is 0 Å². The van der Waals surface area contributed by atoms with Crippen LogP contribution in [-0.4, -0.2) is 40.2 Å². The lowest BCUT2D eigenvalue weighted by atomic mass is 10.1. The van der Waals surface area contributed by atoms with Gasteiger partial charge in [-0.2, -0.15) is 5.10 Å². The van der Waals surface area contributed by atoms with Crippen molar-refractivity contribution in [2.75, 3.05) is 19.6 Å². The van der Waals surface area contributed by atoms with Gasteiger partial charge >= 0.3 is 0 Å². The van der Waals surface area contributed by atoms with E-state index in [4.69, 9.17) is 0 Å². The third-order valence-electron chi connectivity index (χ3n) is 4.73. The van der Waals surface area contributed by atoms with E-state index in [1.807, 2.05) is 34.7 Å². The fourth-order valence-corrected chi connectivity index (χ4v) is 3.30. The molecule has 2 aromatic rings. The van der Waals surface area contributed by atoms with Gasteiger partial charge in [0.05, 0.1) is 17.9 Å². The first-order chi connectivity index (χ1) is 11.7. The molecule has 128 valence electrons. The van der Waals surface area contributed by atoms with E-state index in [0.717, 1.165) is 43.0 Å². The molecule has 0 saturated carbocycles. The van der Waals surface area contributed by atoms with Crippen molar-refractivity contribution in [3.05, 3.63) is 47.3 Å². The van der Waals surface area contributed by atoms with Crippen LogP contribution in [0.2, 0.25) is 0 Å². The molecule has 1 aromatic carbocycles. The Labute approximate surface area is 143 Å². The summed E-state index contributed by atoms with van der Waals surface area (Å²) in [6.07, 6.45) is 3.51. The van der Waals surface area contributed by atoms with Gasteiger partial charge in [0.25, 0.3) is 0 Å². The van der Waals surface area contributed by atoms with Gasteiger partial charge in [-0.05, 0) is 45.2 Å². The molecule has 1 N–H and O–H groups in total. The molecule has 5 nitrogen and oxygen atoms in total. The maximum atomic E-state index is 12.2. The summed E-state index contributed by atoms with van der Waals surface area (Å²) in [7, 11) is 0. The Morgan fingerprint density at radius 1 is 1.12 bits per heavy atom. The summed E-state index contributed by atoms with van der Waals surface area (Å²) >= 11 is 0. The van der Waals surface area contributed by atoms with Gasteiger partial charge in [0, 0.05) is 30.9 Å². The van der Waals surface area contributed by atoms with Gasteiger partial charge in [0.1, 0.15) is 0 Å². The number of nitrogens with one attached hydrogen (secondary N) is 1. The number of rotatable bonds is 5. The molecule has 0 aliphatic carbocycles. The molecule has 0 atom stereocenters. The lowest BCUT2D eigenvalue weighted by Gasteiger charge is -2.26. The Morgan fingerprint density at radius 3 is 2.54 bits per heavy atom. The molecule has 1 aliphatic heterocycles. The number of nitrogens with zero attached hydrogens (tertiary/aromatic N) is 3. The first-order valence-corrected chi connectivity index (χ1v) is 8.76. The topological polar surface area (TPSA) is 50.2 Å². The lowest BCUT2D eigenvalue weighted by molar-refractivity contribution is -0.131. The molecule has 1 aromatic heterocycles. The predicted molar refractivity (Wildman–Crippen MR) is 95.2 cm³/mol. The fraction of sp³-hybridized carbons (Fsp3) is 0.474. The third-order valence-corrected chi connectivity index (χ3v) is 4.73. The van der Waals surface area contributed by atoms with E-state index < -0.39 is 0 Å². The van der Waals surface area contributed by atoms with Gasteiger partial charge in [-0.15, -0.1) is 0 Å². The summed E-state index contributed by atoms with van der Waals surface area (Å²) in [4.78, 5) is 14.2. The average Bonchev–Trinajstić information content (AvgIpc) is 2.91. The first-order valence-electron chi connectivity index (χ1n) is 8.76. The Bertz CT molecular complexity index is 687. The van der Waals surface area contributed by atoms with Crippen molar-refractivity contribution in [3.63, 3.8) is 0 Å². The molecule has 1 aliphatic rings. The van der Waals surface area contributed by atoms with Crippen molar-refractivity contribution in [2.24, 2.45) is 0 Å². The molecule has 5 heteroatoms. The summed E-state index contributed by atoms with van der Waals surface area (Å²) in [5, 5.41) is 7.95. The highest BCUT2D eigenvalue weighted by Crippen LogP contribution is 2.17. The lowest BCUT2D eigenvalue weighted by Crippen LogP contribution is -2.41. The van der Waals surface area contributed by atoms with Gasteiger partial charge in [0.2, 0.25) is 5.91 Å². The largest absolute Gasteiger partial charge is 0.342 e. The van der Waals surface area contributed by atoms with Crippen molar-refractivity contribution in [2.45, 2.75) is 39.7 Å². The summed E-state index contributed by atoms with van der Waals surface area (Å²) in [6.45, 7) is 6.99. The molecule has 2 heterocycles. The van der Waals surface area contributed by atoms with E-state index in [-0.39, 0.29) is 5.91 Å². The fourth-order valence-electron chi connectivity index (χ4n) is 3.30. The second kappa shape index (κ2) is 7.62. The molecule has 1 amide bonds. The van der Waals surface area contributed by atoms with Crippen molar-refractivity contribution in [1.82, 2.24) is 20.0 Å². The average molecular weight is 326 g/mol. The number of amides is 1. The number of hydrogen-bond acceptors (Lipinski definition) is 3. The van der Waals surface area contributed by atoms with E-state index >= 15 is 0 Å². The highest BCUT2D eigenvalue weighted by atomic mass is 16.2. The molecule has 0 spiro atoms. The molecular weight excluding hydrogens is 300 g/mol. The number of carbonyl (C=O) groups is 1. The van der Waals surface area contributed by atoms with Gasteiger partial charge in [0.15, 0.2) is 0 Å². The van der Waals surface area contributed by atoms with Gasteiger partial charge < -0.3 is 10.2 Å². The molecular formula is C19H26N4O. The smallest absolute Gasteiger partial charge is 0.236 e. The van der Waals surface area contributed by atoms with Crippen LogP contribution in [0.25, 0.3) is 5.69 Å². The van der Waals surface area contributed by atoms with E-state index in [2.05, 4.69) is 29.5 Å². The zero-order chi connectivity index (χ0) is 16.9. The number of para-hydroxylation sites is 1. The van der Waals surface area contributed by atoms with Crippen LogP contribution >= 0.6 is 0 Å². The van der Waals surface area contributed by atoms with Gasteiger partial charge in [-0.3, -0.25) is 4.79 Å². The maximum absolute atomic E-state index is 12.2. The molecule has 1 fully saturated rings. The van der Waals surface area contributed by atoms with Gasteiger partial charge in [-0.1, -0.05) is 18.2 Å². The van der Waals surface area contributed by atoms with E-state index in [0.29, 0.717) is 13.1 Å². The summed E-state index contributed by atoms with van der Waals surface area (Å²) in [5.41, 5.74) is 4.37. The zero-order valence-electron chi connectivity index (χ0n) is 14.6. The second-order valence-electron chi connectivity index (χ2n) is 6.44. The number of aromatic nitrogens is 2. The quantitative estimate of drug-likeness (QED) is 0.919. The predicted octanol–water partition coefficient (Wildman–Crippen LogP) is 2.59. The van der Waals surface area contributed by atoms with Crippen LogP contribution in [0.4, 0.5) is 0 Å². The van der Waals surface area contributed by atoms with Crippen LogP contribution in [0.3, 0.4) is 0 Å². The summed E-state index contributed by atoms with van der Waals surface area (Å²) in [5.74, 6) is 0.209. The number of carbonyl (C=O) groups excluding carboxylic acids is 1. The molecule has 24 heavy (non-hydrogen) atoms. The number of likely N-dealkylation sites (tertiary alicyclic amines) is 1. The Morgan fingerprint density at radius 2 is 1.83 bits per heavy atom. The molecule has 3 rings (SSSR count). The Hall–Kier alpha value is -2.14. The monoisotopic (exact) mass is 326 g/mol. The molecule has 0 radical (unpaired) electrons. The van der Waals surface area contributed by atoms with Gasteiger partial charge in [-0.25, -0.2) is 4.68 Å². The number of piperidine rings is 1. The number of aryl methyl sites for hydroxylation is 1. The Kier molecular flexibility index (Phi) is 5.30. The van der Waals surface area contributed by atoms with E-state index in [1.54, 1.807) is 0 Å². The number of benzene rings is 1. The molecule has 0 unspecified atom stereocenters. The van der Waals surface area contributed by atoms with Crippen LogP contribution in [0, 0.1) is 13.8 Å². The minimum Gasteiger partial charge on any atom is -0.342 e. The van der Waals surface area contributed by atoms with E-state index in [1.165, 1.54) is 12.0 Å². The highest BCUT2D eigenvalue weighted by molar-refractivity contribution is 5.78. The molecule has 1 saturated heterocycles.